The van der Waals surface area contributed by atoms with Crippen molar-refractivity contribution < 1.29 is 25.9 Å². The van der Waals surface area contributed by atoms with Crippen LogP contribution in [0.2, 0.25) is 0 Å². The number of hydrogen-bond acceptors (Lipinski definition) is 1. The van der Waals surface area contributed by atoms with Crippen LogP contribution < -0.4 is 0 Å². The summed E-state index contributed by atoms with van der Waals surface area (Å²) in [6.07, 6.45) is 5.37. The summed E-state index contributed by atoms with van der Waals surface area (Å²) in [6.45, 7) is 3.19. The zero-order valence-electron chi connectivity index (χ0n) is 6.60. The van der Waals surface area contributed by atoms with Crippen molar-refractivity contribution in [3.63, 3.8) is 0 Å². The molecule has 2 nitrogen and oxygen atoms in total. The fraction of sp³-hybridized carbons (Fsp3) is 0.375. The first kappa shape index (κ1) is 10.5. The van der Waals surface area contributed by atoms with Crippen LogP contribution in [0, 0.1) is 0 Å². The van der Waals surface area contributed by atoms with Gasteiger partial charge in [0.05, 0.1) is 0 Å². The Bertz CT molecular complexity index is 200. The van der Waals surface area contributed by atoms with Gasteiger partial charge in [0.2, 0.25) is 0 Å². The standard InChI is InChI=1S/C6H7.C2H4O2.Mn/c1-6-4-2-3-5-6;1-2(3)4;/h2,4H,3H2,1H3;1H3,(H,3,4);. The van der Waals surface area contributed by atoms with Gasteiger partial charge in [0.25, 0.3) is 5.97 Å². The van der Waals surface area contributed by atoms with Gasteiger partial charge in [-0.2, -0.15) is 0 Å². The molecule has 0 spiro atoms. The summed E-state index contributed by atoms with van der Waals surface area (Å²) in [6, 6.07) is 0. The Morgan fingerprint density at radius 1 is 1.73 bits per heavy atom. The minimum absolute atomic E-state index is 0.833. The van der Waals surface area contributed by atoms with Crippen molar-refractivity contribution in [2.75, 3.05) is 0 Å². The SMILES string of the molecule is CC(=O)O.CC1=[C]([Mn])CC=C1. The molecule has 0 bridgehead atoms. The van der Waals surface area contributed by atoms with Crippen molar-refractivity contribution >= 4 is 5.97 Å². The molecule has 0 aliphatic heterocycles. The number of hydrogen-bond donors (Lipinski definition) is 1. The van der Waals surface area contributed by atoms with Crippen LogP contribution >= 0.6 is 0 Å². The van der Waals surface area contributed by atoms with Gasteiger partial charge >= 0.3 is 51.6 Å². The number of carboxylic acid groups (broad SMARTS) is 1. The Morgan fingerprint density at radius 3 is 2.27 bits per heavy atom. The molecular formula is C8H11MnO2. The summed E-state index contributed by atoms with van der Waals surface area (Å²) >= 11 is 3.42. The average Bonchev–Trinajstić information content (AvgIpc) is 2.15. The molecule has 11 heavy (non-hydrogen) atoms. The minimum atomic E-state index is -0.833. The second kappa shape index (κ2) is 5.16. The fourth-order valence-electron chi connectivity index (χ4n) is 0.591. The van der Waals surface area contributed by atoms with Crippen molar-refractivity contribution in [1.29, 1.82) is 0 Å². The first-order chi connectivity index (χ1) is 5.04. The predicted octanol–water partition coefficient (Wildman–Crippen LogP) is 1.86. The van der Waals surface area contributed by atoms with Crippen molar-refractivity contribution in [1.82, 2.24) is 0 Å². The second-order valence-corrected chi connectivity index (χ2v) is 2.93. The Morgan fingerprint density at radius 2 is 2.18 bits per heavy atom. The van der Waals surface area contributed by atoms with Crippen molar-refractivity contribution in [2.45, 2.75) is 20.3 Å². The van der Waals surface area contributed by atoms with Crippen molar-refractivity contribution in [3.8, 4) is 0 Å². The Labute approximate surface area is 74.8 Å². The third-order valence-corrected chi connectivity index (χ3v) is 1.80. The van der Waals surface area contributed by atoms with E-state index in [9.17, 15) is 0 Å². The summed E-state index contributed by atoms with van der Waals surface area (Å²) in [5, 5.41) is 7.42. The van der Waals surface area contributed by atoms with Gasteiger partial charge in [-0.3, -0.25) is 4.79 Å². The van der Waals surface area contributed by atoms with Crippen LogP contribution in [0.4, 0.5) is 0 Å². The molecule has 0 aromatic rings. The first-order valence-electron chi connectivity index (χ1n) is 3.25. The summed E-state index contributed by atoms with van der Waals surface area (Å²) in [4.78, 5) is 9.00. The Kier molecular flexibility index (Phi) is 4.91. The van der Waals surface area contributed by atoms with Crippen molar-refractivity contribution in [2.24, 2.45) is 0 Å². The van der Waals surface area contributed by atoms with Gasteiger partial charge in [-0.1, -0.05) is 0 Å². The van der Waals surface area contributed by atoms with E-state index in [1.165, 1.54) is 10.0 Å². The third kappa shape index (κ3) is 5.89. The maximum absolute atomic E-state index is 9.00. The van der Waals surface area contributed by atoms with E-state index >= 15 is 0 Å². The van der Waals surface area contributed by atoms with Crippen LogP contribution in [0.25, 0.3) is 0 Å². The van der Waals surface area contributed by atoms with E-state index in [0.717, 1.165) is 13.3 Å². The molecule has 0 saturated heterocycles. The van der Waals surface area contributed by atoms with Gasteiger partial charge in [-0.25, -0.2) is 0 Å². The van der Waals surface area contributed by atoms with Crippen molar-refractivity contribution in [3.05, 3.63) is 22.2 Å². The topological polar surface area (TPSA) is 37.3 Å². The number of allylic oxidation sites excluding steroid dienone is 4. The van der Waals surface area contributed by atoms with E-state index < -0.39 is 5.97 Å². The fourth-order valence-corrected chi connectivity index (χ4v) is 0.828. The van der Waals surface area contributed by atoms with Crippen LogP contribution in [0.1, 0.15) is 20.3 Å². The molecule has 1 rings (SSSR count). The number of carbonyl (C=O) groups is 1. The van der Waals surface area contributed by atoms with Crippen LogP contribution in [0.3, 0.4) is 0 Å². The molecule has 1 N–H and O–H groups in total. The monoisotopic (exact) mass is 194 g/mol. The zero-order chi connectivity index (χ0) is 8.85. The summed E-state index contributed by atoms with van der Waals surface area (Å²) < 4.78 is 1.33. The van der Waals surface area contributed by atoms with Gasteiger partial charge in [0.15, 0.2) is 0 Å². The first-order valence-corrected chi connectivity index (χ1v) is 3.84. The maximum atomic E-state index is 9.00. The molecule has 0 atom stereocenters. The zero-order valence-corrected chi connectivity index (χ0v) is 7.78. The quantitative estimate of drug-likeness (QED) is 0.597. The molecule has 1 aliphatic rings. The molecule has 3 heteroatoms. The van der Waals surface area contributed by atoms with Crippen LogP contribution in [-0.2, 0) is 20.8 Å². The third-order valence-electron chi connectivity index (χ3n) is 1.09. The van der Waals surface area contributed by atoms with Gasteiger partial charge in [0.1, 0.15) is 0 Å². The Balaban J connectivity index is 0.000000218. The second-order valence-electron chi connectivity index (χ2n) is 2.21. The van der Waals surface area contributed by atoms with E-state index in [1.807, 2.05) is 0 Å². The summed E-state index contributed by atoms with van der Waals surface area (Å²) in [5.74, 6) is -0.833. The molecule has 0 amide bonds. The number of rotatable bonds is 0. The van der Waals surface area contributed by atoms with Gasteiger partial charge in [-0.15, -0.1) is 0 Å². The number of carboxylic acids is 1. The van der Waals surface area contributed by atoms with E-state index in [-0.39, 0.29) is 0 Å². The average molecular weight is 194 g/mol. The van der Waals surface area contributed by atoms with Gasteiger partial charge in [-0.05, 0) is 0 Å². The number of aliphatic carboxylic acids is 1. The molecule has 62 valence electrons. The van der Waals surface area contributed by atoms with E-state index in [1.54, 1.807) is 0 Å². The van der Waals surface area contributed by atoms with E-state index in [0.29, 0.717) is 0 Å². The predicted molar refractivity (Wildman–Crippen MR) is 39.8 cm³/mol. The van der Waals surface area contributed by atoms with Crippen LogP contribution in [-0.4, -0.2) is 11.1 Å². The van der Waals surface area contributed by atoms with E-state index in [2.05, 4.69) is 35.1 Å². The summed E-state index contributed by atoms with van der Waals surface area (Å²) in [7, 11) is 0. The van der Waals surface area contributed by atoms with Gasteiger partial charge < -0.3 is 5.11 Å². The molecule has 0 aromatic carbocycles. The molecule has 0 heterocycles. The molecular weight excluding hydrogens is 183 g/mol. The van der Waals surface area contributed by atoms with Crippen LogP contribution in [0.15, 0.2) is 22.2 Å². The molecule has 0 radical (unpaired) electrons. The van der Waals surface area contributed by atoms with Gasteiger partial charge in [0, 0.05) is 6.92 Å². The molecule has 0 saturated carbocycles. The normalized spacial score (nSPS) is 14.5. The van der Waals surface area contributed by atoms with E-state index in [4.69, 9.17) is 9.90 Å². The van der Waals surface area contributed by atoms with Crippen LogP contribution in [0.5, 0.6) is 0 Å². The molecule has 1 aliphatic carbocycles. The Hall–Kier alpha value is -0.531. The molecule has 0 unspecified atom stereocenters. The molecule has 0 fully saturated rings. The summed E-state index contributed by atoms with van der Waals surface area (Å²) in [5.41, 5.74) is 1.36. The molecule has 0 aromatic heterocycles.